The topological polar surface area (TPSA) is 142 Å². The summed E-state index contributed by atoms with van der Waals surface area (Å²) in [5.41, 5.74) is -1.52. The Balaban J connectivity index is 2.37. The number of rotatable bonds is 4. The fourth-order valence-electron chi connectivity index (χ4n) is 2.04. The van der Waals surface area contributed by atoms with Gasteiger partial charge in [0.25, 0.3) is 5.56 Å². The molecular weight excluding hydrogens is 284 g/mol. The van der Waals surface area contributed by atoms with Gasteiger partial charge in [-0.15, -0.1) is 0 Å². The van der Waals surface area contributed by atoms with E-state index in [9.17, 15) is 19.5 Å². The Morgan fingerprint density at radius 3 is 2.81 bits per heavy atom. The molecule has 0 amide bonds. The third kappa shape index (κ3) is 3.27. The molecule has 2 heterocycles. The summed E-state index contributed by atoms with van der Waals surface area (Å²) in [6.07, 6.45) is 0.436. The maximum Gasteiger partial charge on any atom is 0.330 e. The SMILES string of the molecule is O=C(O)/C=C/c1cn([C@H]2C[C@@H](O)[C@@H](CO)O2)c(=O)[nH]c1=O. The molecule has 0 unspecified atom stereocenters. The molecule has 0 saturated carbocycles. The largest absolute Gasteiger partial charge is 0.478 e. The number of aliphatic hydroxyl groups excluding tert-OH is 2. The van der Waals surface area contributed by atoms with Crippen molar-refractivity contribution in [1.29, 1.82) is 0 Å². The van der Waals surface area contributed by atoms with Crippen molar-refractivity contribution >= 4 is 12.0 Å². The molecule has 4 N–H and O–H groups in total. The van der Waals surface area contributed by atoms with Crippen LogP contribution in [0.5, 0.6) is 0 Å². The second-order valence-corrected chi connectivity index (χ2v) is 4.54. The van der Waals surface area contributed by atoms with Crippen LogP contribution in [0, 0.1) is 0 Å². The number of hydrogen-bond acceptors (Lipinski definition) is 6. The number of carboxylic acids is 1. The number of carboxylic acid groups (broad SMARTS) is 1. The highest BCUT2D eigenvalue weighted by Gasteiger charge is 2.35. The summed E-state index contributed by atoms with van der Waals surface area (Å²) in [5.74, 6) is -1.24. The molecule has 21 heavy (non-hydrogen) atoms. The van der Waals surface area contributed by atoms with E-state index in [1.54, 1.807) is 0 Å². The zero-order valence-electron chi connectivity index (χ0n) is 10.8. The number of aliphatic carboxylic acids is 1. The van der Waals surface area contributed by atoms with E-state index in [-0.39, 0.29) is 12.0 Å². The summed E-state index contributed by atoms with van der Waals surface area (Å²) < 4.78 is 6.35. The monoisotopic (exact) mass is 298 g/mol. The smallest absolute Gasteiger partial charge is 0.330 e. The molecule has 9 nitrogen and oxygen atoms in total. The van der Waals surface area contributed by atoms with Crippen molar-refractivity contribution in [2.75, 3.05) is 6.61 Å². The van der Waals surface area contributed by atoms with Crippen molar-refractivity contribution in [3.63, 3.8) is 0 Å². The summed E-state index contributed by atoms with van der Waals surface area (Å²) >= 11 is 0. The Hall–Kier alpha value is -2.23. The normalized spacial score (nSPS) is 25.5. The van der Waals surface area contributed by atoms with E-state index in [0.29, 0.717) is 0 Å². The molecule has 0 radical (unpaired) electrons. The molecule has 1 aromatic heterocycles. The first-order valence-electron chi connectivity index (χ1n) is 6.13. The van der Waals surface area contributed by atoms with E-state index in [4.69, 9.17) is 14.9 Å². The van der Waals surface area contributed by atoms with Crippen molar-refractivity contribution < 1.29 is 24.9 Å². The lowest BCUT2D eigenvalue weighted by Crippen LogP contribution is -2.33. The fourth-order valence-corrected chi connectivity index (χ4v) is 2.04. The Bertz CT molecular complexity index is 675. The zero-order chi connectivity index (χ0) is 15.6. The minimum atomic E-state index is -1.24. The van der Waals surface area contributed by atoms with Gasteiger partial charge in [-0.25, -0.2) is 9.59 Å². The van der Waals surface area contributed by atoms with Gasteiger partial charge in [0.15, 0.2) is 0 Å². The van der Waals surface area contributed by atoms with Crippen LogP contribution in [0.4, 0.5) is 0 Å². The molecule has 0 aromatic carbocycles. The van der Waals surface area contributed by atoms with Crippen LogP contribution in [-0.4, -0.2) is 49.7 Å². The van der Waals surface area contributed by atoms with E-state index < -0.39 is 42.3 Å². The number of H-pyrrole nitrogens is 1. The Kier molecular flexibility index (Phi) is 4.36. The quantitative estimate of drug-likeness (QED) is 0.484. The third-order valence-electron chi connectivity index (χ3n) is 3.10. The van der Waals surface area contributed by atoms with Gasteiger partial charge in [-0.3, -0.25) is 14.3 Å². The first kappa shape index (κ1) is 15.2. The maximum atomic E-state index is 11.8. The van der Waals surface area contributed by atoms with Crippen LogP contribution in [0.1, 0.15) is 18.2 Å². The Labute approximate surface area is 117 Å². The number of aromatic nitrogens is 2. The number of aliphatic hydroxyl groups is 2. The summed E-state index contributed by atoms with van der Waals surface area (Å²) in [7, 11) is 0. The van der Waals surface area contributed by atoms with Gasteiger partial charge in [0.1, 0.15) is 12.3 Å². The third-order valence-corrected chi connectivity index (χ3v) is 3.10. The number of nitrogens with one attached hydrogen (secondary N) is 1. The average molecular weight is 298 g/mol. The molecular formula is C12H14N2O7. The van der Waals surface area contributed by atoms with Crippen LogP contribution in [-0.2, 0) is 9.53 Å². The lowest BCUT2D eigenvalue weighted by molar-refractivity contribution is -0.131. The standard InChI is InChI=1S/C12H14N2O7/c15-5-8-7(16)3-9(21-8)14-4-6(1-2-10(17)18)11(19)13-12(14)20/h1-2,4,7-9,15-16H,3,5H2,(H,17,18)(H,13,19,20)/b2-1+/t7-,8-,9-/m1/s1. The first-order chi connectivity index (χ1) is 9.92. The molecule has 0 spiro atoms. The highest BCUT2D eigenvalue weighted by atomic mass is 16.5. The molecule has 1 aliphatic heterocycles. The first-order valence-corrected chi connectivity index (χ1v) is 6.13. The molecule has 1 aromatic rings. The van der Waals surface area contributed by atoms with Crippen LogP contribution in [0.3, 0.4) is 0 Å². The minimum absolute atomic E-state index is 0.0393. The van der Waals surface area contributed by atoms with E-state index in [1.807, 2.05) is 4.98 Å². The van der Waals surface area contributed by atoms with E-state index in [0.717, 1.165) is 22.9 Å². The van der Waals surface area contributed by atoms with Crippen LogP contribution < -0.4 is 11.2 Å². The van der Waals surface area contributed by atoms with Gasteiger partial charge < -0.3 is 20.1 Å². The Morgan fingerprint density at radius 1 is 1.52 bits per heavy atom. The fraction of sp³-hybridized carbons (Fsp3) is 0.417. The van der Waals surface area contributed by atoms with Crippen LogP contribution in [0.2, 0.25) is 0 Å². The summed E-state index contributed by atoms with van der Waals surface area (Å²) in [4.78, 5) is 35.8. The predicted octanol–water partition coefficient (Wildman–Crippen LogP) is -1.72. The van der Waals surface area contributed by atoms with Crippen LogP contribution >= 0.6 is 0 Å². The minimum Gasteiger partial charge on any atom is -0.478 e. The highest BCUT2D eigenvalue weighted by Crippen LogP contribution is 2.27. The molecule has 1 saturated heterocycles. The van der Waals surface area contributed by atoms with Crippen LogP contribution in [0.25, 0.3) is 6.08 Å². The van der Waals surface area contributed by atoms with Gasteiger partial charge in [0.05, 0.1) is 18.3 Å². The van der Waals surface area contributed by atoms with Crippen molar-refractivity contribution in [2.45, 2.75) is 24.9 Å². The summed E-state index contributed by atoms with van der Waals surface area (Å²) in [5, 5.41) is 27.2. The van der Waals surface area contributed by atoms with E-state index in [2.05, 4.69) is 0 Å². The molecule has 114 valence electrons. The van der Waals surface area contributed by atoms with Crippen LogP contribution in [0.15, 0.2) is 21.9 Å². The molecule has 9 heteroatoms. The average Bonchev–Trinajstić information content (AvgIpc) is 2.78. The van der Waals surface area contributed by atoms with Crippen molar-refractivity contribution in [2.24, 2.45) is 0 Å². The van der Waals surface area contributed by atoms with E-state index in [1.165, 1.54) is 0 Å². The maximum absolute atomic E-state index is 11.8. The van der Waals surface area contributed by atoms with Gasteiger partial charge in [-0.2, -0.15) is 0 Å². The Morgan fingerprint density at radius 2 is 2.24 bits per heavy atom. The van der Waals surface area contributed by atoms with Gasteiger partial charge in [-0.1, -0.05) is 0 Å². The number of aromatic amines is 1. The number of hydrogen-bond donors (Lipinski definition) is 4. The molecule has 2 rings (SSSR count). The van der Waals surface area contributed by atoms with Crippen molar-refractivity contribution in [3.05, 3.63) is 38.7 Å². The molecule has 1 fully saturated rings. The van der Waals surface area contributed by atoms with Gasteiger partial charge in [0, 0.05) is 18.7 Å². The van der Waals surface area contributed by atoms with Gasteiger partial charge in [0.2, 0.25) is 0 Å². The van der Waals surface area contributed by atoms with Gasteiger partial charge >= 0.3 is 11.7 Å². The second-order valence-electron chi connectivity index (χ2n) is 4.54. The van der Waals surface area contributed by atoms with Crippen molar-refractivity contribution in [3.8, 4) is 0 Å². The number of nitrogens with zero attached hydrogens (tertiary/aromatic N) is 1. The second kappa shape index (κ2) is 6.04. The predicted molar refractivity (Wildman–Crippen MR) is 69.6 cm³/mol. The molecule has 0 bridgehead atoms. The van der Waals surface area contributed by atoms with Crippen molar-refractivity contribution in [1.82, 2.24) is 9.55 Å². The lowest BCUT2D eigenvalue weighted by atomic mass is 10.2. The number of ether oxygens (including phenoxy) is 1. The van der Waals surface area contributed by atoms with E-state index >= 15 is 0 Å². The highest BCUT2D eigenvalue weighted by molar-refractivity contribution is 5.85. The molecule has 1 aliphatic rings. The summed E-state index contributed by atoms with van der Waals surface area (Å²) in [6.45, 7) is -0.401. The molecule has 3 atom stereocenters. The zero-order valence-corrected chi connectivity index (χ0v) is 10.8. The summed E-state index contributed by atoms with van der Waals surface area (Å²) in [6, 6.07) is 0. The molecule has 0 aliphatic carbocycles. The number of carbonyl (C=O) groups is 1. The lowest BCUT2D eigenvalue weighted by Gasteiger charge is -2.14. The van der Waals surface area contributed by atoms with Gasteiger partial charge in [-0.05, 0) is 6.08 Å².